The lowest BCUT2D eigenvalue weighted by molar-refractivity contribution is 0.209. The molecule has 3 amide bonds. The standard InChI is InChI=1S/C9H10N4O.C8H7N3O2/c1-10-9(14)13-8-11-6-4-2-3-5-7(6)12-8;12-8(13)11-7-9-5-3-1-2-4-6(5)10-7/h2-5H,1H3,(H3,10,11,12,13,14);1-4H,(H,12,13)(H2,9,10,11). The first-order valence-corrected chi connectivity index (χ1v) is 7.93. The second kappa shape index (κ2) is 7.87. The topological polar surface area (TPSA) is 148 Å². The molecule has 0 aliphatic rings. The number of imidazole rings is 2. The van der Waals surface area contributed by atoms with Crippen LogP contribution < -0.4 is 16.0 Å². The van der Waals surface area contributed by atoms with Crippen LogP contribution >= 0.6 is 0 Å². The highest BCUT2D eigenvalue weighted by Gasteiger charge is 2.04. The number of anilines is 2. The van der Waals surface area contributed by atoms with Gasteiger partial charge < -0.3 is 20.4 Å². The second-order valence-corrected chi connectivity index (χ2v) is 5.34. The Balaban J connectivity index is 0.000000156. The minimum absolute atomic E-state index is 0.244. The number of carbonyl (C=O) groups excluding carboxylic acids is 1. The first-order valence-electron chi connectivity index (χ1n) is 7.93. The highest BCUT2D eigenvalue weighted by Crippen LogP contribution is 2.13. The van der Waals surface area contributed by atoms with Gasteiger partial charge in [-0.2, -0.15) is 0 Å². The Kier molecular flexibility index (Phi) is 5.17. The van der Waals surface area contributed by atoms with Gasteiger partial charge in [0.25, 0.3) is 0 Å². The van der Waals surface area contributed by atoms with Crippen LogP contribution in [0.4, 0.5) is 21.5 Å². The van der Waals surface area contributed by atoms with Crippen LogP contribution in [0.3, 0.4) is 0 Å². The van der Waals surface area contributed by atoms with E-state index in [1.807, 2.05) is 42.5 Å². The number of aromatic amines is 2. The second-order valence-electron chi connectivity index (χ2n) is 5.34. The van der Waals surface area contributed by atoms with E-state index in [4.69, 9.17) is 5.11 Å². The van der Waals surface area contributed by atoms with Crippen LogP contribution in [0.1, 0.15) is 0 Å². The Bertz CT molecular complexity index is 1020. The van der Waals surface area contributed by atoms with E-state index in [0.29, 0.717) is 5.95 Å². The summed E-state index contributed by atoms with van der Waals surface area (Å²) in [7, 11) is 1.55. The van der Waals surface area contributed by atoms with Gasteiger partial charge in [0, 0.05) is 7.05 Å². The molecule has 2 heterocycles. The molecule has 2 aromatic heterocycles. The summed E-state index contributed by atoms with van der Waals surface area (Å²) in [4.78, 5) is 35.2. The van der Waals surface area contributed by atoms with E-state index in [0.717, 1.165) is 22.1 Å². The van der Waals surface area contributed by atoms with E-state index in [-0.39, 0.29) is 12.0 Å². The molecular formula is C17H17N7O3. The summed E-state index contributed by atoms with van der Waals surface area (Å²) in [6.07, 6.45) is -1.13. The maximum Gasteiger partial charge on any atom is 0.411 e. The number of fused-ring (bicyclic) bond motifs is 2. The largest absolute Gasteiger partial charge is 0.465 e. The van der Waals surface area contributed by atoms with E-state index in [2.05, 4.69) is 35.9 Å². The molecule has 4 aromatic rings. The van der Waals surface area contributed by atoms with Crippen molar-refractivity contribution in [2.75, 3.05) is 17.7 Å². The highest BCUT2D eigenvalue weighted by atomic mass is 16.4. The summed E-state index contributed by atoms with van der Waals surface area (Å²) < 4.78 is 0. The fraction of sp³-hybridized carbons (Fsp3) is 0.0588. The molecule has 0 spiro atoms. The Morgan fingerprint density at radius 2 is 1.33 bits per heavy atom. The van der Waals surface area contributed by atoms with Gasteiger partial charge in [-0.05, 0) is 24.3 Å². The van der Waals surface area contributed by atoms with Crippen LogP contribution in [-0.4, -0.2) is 44.2 Å². The lowest BCUT2D eigenvalue weighted by Gasteiger charge is -1.97. The van der Waals surface area contributed by atoms with Gasteiger partial charge in [0.15, 0.2) is 0 Å². The number of nitrogens with zero attached hydrogens (tertiary/aromatic N) is 2. The van der Waals surface area contributed by atoms with Crippen molar-refractivity contribution in [3.8, 4) is 0 Å². The average molecular weight is 367 g/mol. The molecule has 27 heavy (non-hydrogen) atoms. The first kappa shape index (κ1) is 17.7. The lowest BCUT2D eigenvalue weighted by Crippen LogP contribution is -2.24. The van der Waals surface area contributed by atoms with Gasteiger partial charge in [-0.15, -0.1) is 0 Å². The van der Waals surface area contributed by atoms with Crippen molar-refractivity contribution in [2.45, 2.75) is 0 Å². The molecule has 0 saturated carbocycles. The maximum absolute atomic E-state index is 11.0. The monoisotopic (exact) mass is 367 g/mol. The summed E-state index contributed by atoms with van der Waals surface area (Å²) in [6, 6.07) is 14.6. The Morgan fingerprint density at radius 1 is 0.852 bits per heavy atom. The number of benzene rings is 2. The molecule has 6 N–H and O–H groups in total. The number of urea groups is 1. The van der Waals surface area contributed by atoms with Crippen LogP contribution in [0.15, 0.2) is 48.5 Å². The Morgan fingerprint density at radius 3 is 1.78 bits per heavy atom. The summed E-state index contributed by atoms with van der Waals surface area (Å²) in [5, 5.41) is 15.6. The normalized spacial score (nSPS) is 10.1. The molecule has 0 radical (unpaired) electrons. The molecule has 0 aliphatic carbocycles. The Hall–Kier alpha value is -4.08. The molecule has 0 saturated heterocycles. The molecule has 0 atom stereocenters. The third-order valence-corrected chi connectivity index (χ3v) is 3.46. The number of para-hydroxylation sites is 4. The van der Waals surface area contributed by atoms with Crippen molar-refractivity contribution in [1.29, 1.82) is 0 Å². The van der Waals surface area contributed by atoms with Crippen molar-refractivity contribution < 1.29 is 14.7 Å². The van der Waals surface area contributed by atoms with Gasteiger partial charge in [-0.25, -0.2) is 19.6 Å². The van der Waals surface area contributed by atoms with E-state index in [1.54, 1.807) is 13.1 Å². The van der Waals surface area contributed by atoms with E-state index >= 15 is 0 Å². The van der Waals surface area contributed by atoms with E-state index < -0.39 is 6.09 Å². The van der Waals surface area contributed by atoms with Gasteiger partial charge >= 0.3 is 12.1 Å². The number of hydrogen-bond donors (Lipinski definition) is 6. The molecule has 0 bridgehead atoms. The van der Waals surface area contributed by atoms with Crippen LogP contribution in [0.2, 0.25) is 0 Å². The zero-order chi connectivity index (χ0) is 19.2. The zero-order valence-corrected chi connectivity index (χ0v) is 14.3. The minimum Gasteiger partial charge on any atom is -0.465 e. The zero-order valence-electron chi connectivity index (χ0n) is 14.3. The number of hydrogen-bond acceptors (Lipinski definition) is 4. The molecule has 2 aromatic carbocycles. The van der Waals surface area contributed by atoms with Crippen LogP contribution in [0, 0.1) is 0 Å². The third-order valence-electron chi connectivity index (χ3n) is 3.46. The SMILES string of the molecule is CNC(=O)Nc1nc2ccccc2[nH]1.O=C(O)Nc1nc2ccccc2[nH]1. The summed E-state index contributed by atoms with van der Waals surface area (Å²) in [5.74, 6) is 0.694. The molecular weight excluding hydrogens is 350 g/mol. The van der Waals surface area contributed by atoms with Crippen molar-refractivity contribution in [3.05, 3.63) is 48.5 Å². The molecule has 10 heteroatoms. The van der Waals surface area contributed by atoms with Gasteiger partial charge in [0.1, 0.15) is 0 Å². The van der Waals surface area contributed by atoms with Crippen LogP contribution in [0.5, 0.6) is 0 Å². The number of H-pyrrole nitrogens is 2. The number of nitrogens with one attached hydrogen (secondary N) is 5. The van der Waals surface area contributed by atoms with E-state index in [1.165, 1.54) is 0 Å². The van der Waals surface area contributed by atoms with Crippen LogP contribution in [-0.2, 0) is 0 Å². The number of carbonyl (C=O) groups is 2. The summed E-state index contributed by atoms with van der Waals surface area (Å²) in [5.41, 5.74) is 3.29. The van der Waals surface area contributed by atoms with Crippen LogP contribution in [0.25, 0.3) is 22.1 Å². The minimum atomic E-state index is -1.13. The molecule has 0 unspecified atom stereocenters. The van der Waals surface area contributed by atoms with Crippen molar-refractivity contribution in [3.63, 3.8) is 0 Å². The molecule has 4 rings (SSSR count). The number of rotatable bonds is 2. The molecule has 138 valence electrons. The highest BCUT2D eigenvalue weighted by molar-refractivity contribution is 5.89. The quantitative estimate of drug-likeness (QED) is 0.322. The van der Waals surface area contributed by atoms with Gasteiger partial charge in [0.2, 0.25) is 11.9 Å². The number of carboxylic acid groups (broad SMARTS) is 1. The van der Waals surface area contributed by atoms with Crippen molar-refractivity contribution in [1.82, 2.24) is 25.3 Å². The molecule has 0 fully saturated rings. The van der Waals surface area contributed by atoms with Gasteiger partial charge in [-0.1, -0.05) is 24.3 Å². The van der Waals surface area contributed by atoms with Gasteiger partial charge in [-0.3, -0.25) is 10.6 Å². The average Bonchev–Trinajstić information content (AvgIpc) is 3.23. The van der Waals surface area contributed by atoms with Crippen molar-refractivity contribution >= 4 is 46.1 Å². The summed E-state index contributed by atoms with van der Waals surface area (Å²) >= 11 is 0. The maximum atomic E-state index is 11.0. The number of amides is 3. The first-order chi connectivity index (χ1) is 13.0. The number of aromatic nitrogens is 4. The van der Waals surface area contributed by atoms with Crippen molar-refractivity contribution in [2.24, 2.45) is 0 Å². The van der Waals surface area contributed by atoms with Gasteiger partial charge in [0.05, 0.1) is 22.1 Å². The van der Waals surface area contributed by atoms with E-state index in [9.17, 15) is 9.59 Å². The molecule has 0 aliphatic heterocycles. The fourth-order valence-electron chi connectivity index (χ4n) is 2.30. The Labute approximate surface area is 153 Å². The fourth-order valence-corrected chi connectivity index (χ4v) is 2.30. The summed E-state index contributed by atoms with van der Waals surface area (Å²) in [6.45, 7) is 0. The lowest BCUT2D eigenvalue weighted by atomic mass is 10.3. The third kappa shape index (κ3) is 4.51. The predicted molar refractivity (Wildman–Crippen MR) is 102 cm³/mol. The smallest absolute Gasteiger partial charge is 0.411 e. The predicted octanol–water partition coefficient (Wildman–Crippen LogP) is 2.97. The molecule has 10 nitrogen and oxygen atoms in total.